The van der Waals surface area contributed by atoms with Crippen molar-refractivity contribution in [2.24, 2.45) is 0 Å². The van der Waals surface area contributed by atoms with Crippen molar-refractivity contribution in [3.8, 4) is 5.75 Å². The Morgan fingerprint density at radius 1 is 1.14 bits per heavy atom. The molecule has 0 spiro atoms. The molecule has 3 rings (SSSR count). The molecule has 0 bridgehead atoms. The summed E-state index contributed by atoms with van der Waals surface area (Å²) in [6.45, 7) is 0. The van der Waals surface area contributed by atoms with Crippen LogP contribution in [0, 0.1) is 0 Å². The van der Waals surface area contributed by atoms with Gasteiger partial charge in [-0.05, 0) is 36.4 Å². The van der Waals surface area contributed by atoms with Crippen molar-refractivity contribution in [2.45, 2.75) is 0 Å². The second kappa shape index (κ2) is 5.58. The van der Waals surface area contributed by atoms with Crippen molar-refractivity contribution >= 4 is 23.0 Å². The van der Waals surface area contributed by atoms with E-state index < -0.39 is 0 Å². The Kier molecular flexibility index (Phi) is 3.47. The molecule has 0 aliphatic heterocycles. The van der Waals surface area contributed by atoms with Crippen LogP contribution in [-0.4, -0.2) is 27.9 Å². The van der Waals surface area contributed by atoms with Gasteiger partial charge in [0.1, 0.15) is 11.3 Å². The number of hydrogen-bond acceptors (Lipinski definition) is 4. The molecule has 104 valence electrons. The number of benzene rings is 2. The number of carbonyl (C=O) groups excluding carboxylic acids is 1. The highest BCUT2D eigenvalue weighted by Crippen LogP contribution is 2.13. The number of hydrogen-bond donors (Lipinski definition) is 0. The monoisotopic (exact) mass is 279 g/mol. The third kappa shape index (κ3) is 2.67. The number of allylic oxidation sites excluding steroid dienone is 1. The molecule has 0 N–H and O–H groups in total. The number of methoxy groups -OCH3 is 1. The first-order valence-corrected chi connectivity index (χ1v) is 6.44. The molecule has 0 unspecified atom stereocenters. The lowest BCUT2D eigenvalue weighted by atomic mass is 10.1. The molecular weight excluding hydrogens is 266 g/mol. The lowest BCUT2D eigenvalue weighted by molar-refractivity contribution is 0.104. The number of ketones is 1. The van der Waals surface area contributed by atoms with Crippen LogP contribution in [0.25, 0.3) is 17.2 Å². The van der Waals surface area contributed by atoms with Gasteiger partial charge in [-0.25, -0.2) is 4.68 Å². The van der Waals surface area contributed by atoms with Crippen LogP contribution in [0.4, 0.5) is 0 Å². The van der Waals surface area contributed by atoms with Crippen LogP contribution in [0.2, 0.25) is 0 Å². The van der Waals surface area contributed by atoms with Gasteiger partial charge >= 0.3 is 0 Å². The summed E-state index contributed by atoms with van der Waals surface area (Å²) in [6.07, 6.45) is 3.09. The van der Waals surface area contributed by atoms with Crippen molar-refractivity contribution in [2.75, 3.05) is 7.11 Å². The minimum absolute atomic E-state index is 0.0998. The summed E-state index contributed by atoms with van der Waals surface area (Å²) in [5, 5.41) is 8.02. The molecule has 5 nitrogen and oxygen atoms in total. The van der Waals surface area contributed by atoms with Crippen LogP contribution < -0.4 is 4.74 Å². The molecule has 0 aliphatic carbocycles. The number of fused-ring (bicyclic) bond motifs is 1. The van der Waals surface area contributed by atoms with Gasteiger partial charge in [-0.2, -0.15) is 0 Å². The van der Waals surface area contributed by atoms with E-state index >= 15 is 0 Å². The Labute approximate surface area is 121 Å². The maximum absolute atomic E-state index is 12.1. The van der Waals surface area contributed by atoms with Gasteiger partial charge in [0, 0.05) is 17.8 Å². The van der Waals surface area contributed by atoms with E-state index in [1.165, 1.54) is 6.08 Å². The van der Waals surface area contributed by atoms with Gasteiger partial charge in [0.05, 0.1) is 12.6 Å². The molecule has 1 aromatic heterocycles. The average molecular weight is 279 g/mol. The highest BCUT2D eigenvalue weighted by molar-refractivity contribution is 6.06. The van der Waals surface area contributed by atoms with E-state index in [-0.39, 0.29) is 5.78 Å². The Balaban J connectivity index is 1.83. The van der Waals surface area contributed by atoms with Gasteiger partial charge in [0.25, 0.3) is 0 Å². The molecule has 0 atom stereocenters. The minimum Gasteiger partial charge on any atom is -0.497 e. The Morgan fingerprint density at radius 3 is 2.67 bits per heavy atom. The molecule has 1 heterocycles. The molecule has 3 aromatic rings. The topological polar surface area (TPSA) is 57.0 Å². The second-order valence-electron chi connectivity index (χ2n) is 4.43. The van der Waals surface area contributed by atoms with E-state index in [1.54, 1.807) is 42.3 Å². The zero-order valence-electron chi connectivity index (χ0n) is 11.4. The fraction of sp³-hybridized carbons (Fsp3) is 0.0625. The summed E-state index contributed by atoms with van der Waals surface area (Å²) >= 11 is 0. The van der Waals surface area contributed by atoms with Crippen molar-refractivity contribution in [1.82, 2.24) is 15.0 Å². The fourth-order valence-corrected chi connectivity index (χ4v) is 1.99. The second-order valence-corrected chi connectivity index (χ2v) is 4.43. The molecule has 0 saturated carbocycles. The van der Waals surface area contributed by atoms with Crippen LogP contribution in [0.5, 0.6) is 5.75 Å². The number of para-hydroxylation sites is 1. The molecule has 0 aliphatic rings. The summed E-state index contributed by atoms with van der Waals surface area (Å²) in [7, 11) is 1.59. The number of nitrogens with zero attached hydrogens (tertiary/aromatic N) is 3. The van der Waals surface area contributed by atoms with Crippen molar-refractivity contribution < 1.29 is 9.53 Å². The Morgan fingerprint density at radius 2 is 1.90 bits per heavy atom. The molecule has 0 saturated heterocycles. The predicted molar refractivity (Wildman–Crippen MR) is 80.2 cm³/mol. The summed E-state index contributed by atoms with van der Waals surface area (Å²) in [4.78, 5) is 12.1. The van der Waals surface area contributed by atoms with Crippen LogP contribution in [0.1, 0.15) is 10.4 Å². The Bertz CT molecular complexity index is 804. The predicted octanol–water partition coefficient (Wildman–Crippen LogP) is 2.79. The molecule has 21 heavy (non-hydrogen) atoms. The molecule has 5 heteroatoms. The van der Waals surface area contributed by atoms with Crippen molar-refractivity contribution in [3.05, 3.63) is 60.2 Å². The van der Waals surface area contributed by atoms with Gasteiger partial charge in [0.15, 0.2) is 5.78 Å². The molecule has 0 amide bonds. The zero-order chi connectivity index (χ0) is 14.7. The lowest BCUT2D eigenvalue weighted by Crippen LogP contribution is -1.96. The van der Waals surface area contributed by atoms with Gasteiger partial charge in [-0.15, -0.1) is 5.10 Å². The van der Waals surface area contributed by atoms with E-state index in [1.807, 2.05) is 24.3 Å². The number of ether oxygens (including phenoxy) is 1. The third-order valence-corrected chi connectivity index (χ3v) is 3.12. The summed E-state index contributed by atoms with van der Waals surface area (Å²) in [5.41, 5.74) is 2.24. The van der Waals surface area contributed by atoms with Gasteiger partial charge in [-0.1, -0.05) is 17.3 Å². The number of rotatable bonds is 4. The number of carbonyl (C=O) groups is 1. The first kappa shape index (κ1) is 13.1. The van der Waals surface area contributed by atoms with Gasteiger partial charge in [-0.3, -0.25) is 4.79 Å². The minimum atomic E-state index is -0.0998. The maximum Gasteiger partial charge on any atom is 0.187 e. The van der Waals surface area contributed by atoms with E-state index in [0.717, 1.165) is 16.8 Å². The lowest BCUT2D eigenvalue weighted by Gasteiger charge is -2.00. The van der Waals surface area contributed by atoms with Gasteiger partial charge in [0.2, 0.25) is 0 Å². The third-order valence-electron chi connectivity index (χ3n) is 3.12. The van der Waals surface area contributed by atoms with E-state index in [9.17, 15) is 4.79 Å². The Hall–Kier alpha value is -2.95. The zero-order valence-corrected chi connectivity index (χ0v) is 11.4. The maximum atomic E-state index is 12.1. The largest absolute Gasteiger partial charge is 0.497 e. The first-order chi connectivity index (χ1) is 10.3. The highest BCUT2D eigenvalue weighted by Gasteiger charge is 2.04. The molecule has 0 fully saturated rings. The summed E-state index contributed by atoms with van der Waals surface area (Å²) in [6, 6.07) is 14.5. The van der Waals surface area contributed by atoms with Crippen LogP contribution in [-0.2, 0) is 0 Å². The van der Waals surface area contributed by atoms with Gasteiger partial charge < -0.3 is 4.74 Å². The van der Waals surface area contributed by atoms with Crippen LogP contribution in [0.3, 0.4) is 0 Å². The smallest absolute Gasteiger partial charge is 0.187 e. The SMILES string of the molecule is COc1ccc(C(=O)/C=C\n2nnc3ccccc32)cc1. The molecular formula is C16H13N3O2. The normalized spacial score (nSPS) is 11.1. The van der Waals surface area contributed by atoms with E-state index in [0.29, 0.717) is 5.56 Å². The standard InChI is InChI=1S/C16H13N3O2/c1-21-13-8-6-12(7-9-13)16(20)10-11-19-15-5-3-2-4-14(15)17-18-19/h2-11H,1H3/b11-10-. The highest BCUT2D eigenvalue weighted by atomic mass is 16.5. The number of aromatic nitrogens is 3. The molecule has 0 radical (unpaired) electrons. The fourth-order valence-electron chi connectivity index (χ4n) is 1.99. The van der Waals surface area contributed by atoms with Crippen LogP contribution in [0.15, 0.2) is 54.6 Å². The van der Waals surface area contributed by atoms with E-state index in [2.05, 4.69) is 10.3 Å². The average Bonchev–Trinajstić information content (AvgIpc) is 2.96. The quantitative estimate of drug-likeness (QED) is 0.544. The molecule has 2 aromatic carbocycles. The summed E-state index contributed by atoms with van der Waals surface area (Å²) in [5.74, 6) is 0.620. The van der Waals surface area contributed by atoms with Crippen molar-refractivity contribution in [3.63, 3.8) is 0 Å². The van der Waals surface area contributed by atoms with Crippen molar-refractivity contribution in [1.29, 1.82) is 0 Å². The van der Waals surface area contributed by atoms with E-state index in [4.69, 9.17) is 4.74 Å². The first-order valence-electron chi connectivity index (χ1n) is 6.44. The summed E-state index contributed by atoms with van der Waals surface area (Å²) < 4.78 is 6.64. The van der Waals surface area contributed by atoms with Crippen LogP contribution >= 0.6 is 0 Å².